The van der Waals surface area contributed by atoms with Crippen LogP contribution in [0.25, 0.3) is 22.1 Å². The molecule has 0 atom stereocenters. The largest absolute Gasteiger partial charge is 0.384 e. The van der Waals surface area contributed by atoms with E-state index in [4.69, 9.17) is 21.1 Å². The van der Waals surface area contributed by atoms with Gasteiger partial charge in [-0.2, -0.15) is 0 Å². The molecular formula is C24H27N7O. The topological polar surface area (TPSA) is 106 Å². The number of carbonyl (C=O) groups excluding carboxylic acids is 1. The maximum Gasteiger partial charge on any atom is 0.222 e. The number of imidazole rings is 2. The van der Waals surface area contributed by atoms with E-state index in [1.165, 1.54) is 0 Å². The number of amides is 1. The second-order valence-electron chi connectivity index (χ2n) is 8.39. The first-order valence-corrected chi connectivity index (χ1v) is 11.0. The van der Waals surface area contributed by atoms with Crippen molar-refractivity contribution < 1.29 is 4.79 Å². The molecule has 1 aliphatic rings. The van der Waals surface area contributed by atoms with Gasteiger partial charge in [-0.3, -0.25) is 10.2 Å². The van der Waals surface area contributed by atoms with E-state index in [1.807, 2.05) is 48.3 Å². The first kappa shape index (κ1) is 20.2. The van der Waals surface area contributed by atoms with Gasteiger partial charge in [0.1, 0.15) is 17.5 Å². The number of aromatic nitrogens is 4. The Morgan fingerprint density at radius 1 is 1.06 bits per heavy atom. The maximum atomic E-state index is 12.0. The summed E-state index contributed by atoms with van der Waals surface area (Å²) in [7, 11) is 2.03. The molecule has 0 saturated carbocycles. The predicted octanol–water partition coefficient (Wildman–Crippen LogP) is 2.81. The number of nitrogens with one attached hydrogen (secondary N) is 1. The zero-order valence-electron chi connectivity index (χ0n) is 18.2. The van der Waals surface area contributed by atoms with Gasteiger partial charge in [0, 0.05) is 38.7 Å². The summed E-state index contributed by atoms with van der Waals surface area (Å²) in [5, 5.41) is 7.82. The normalized spacial score (nSPS) is 14.2. The number of benzene rings is 2. The van der Waals surface area contributed by atoms with Crippen LogP contribution in [0.1, 0.15) is 36.5 Å². The third-order valence-corrected chi connectivity index (χ3v) is 6.32. The van der Waals surface area contributed by atoms with Crippen molar-refractivity contribution >= 4 is 33.8 Å². The smallest absolute Gasteiger partial charge is 0.222 e. The number of amidine groups is 1. The molecule has 0 unspecified atom stereocenters. The highest BCUT2D eigenvalue weighted by Gasteiger charge is 2.20. The van der Waals surface area contributed by atoms with Crippen LogP contribution < -0.4 is 5.73 Å². The molecule has 1 amide bonds. The summed E-state index contributed by atoms with van der Waals surface area (Å²) in [5.74, 6) is 2.16. The van der Waals surface area contributed by atoms with E-state index in [0.29, 0.717) is 18.4 Å². The molecule has 164 valence electrons. The Morgan fingerprint density at radius 3 is 2.59 bits per heavy atom. The fourth-order valence-corrected chi connectivity index (χ4v) is 4.58. The first-order chi connectivity index (χ1) is 15.5. The number of para-hydroxylation sites is 2. The summed E-state index contributed by atoms with van der Waals surface area (Å²) in [4.78, 5) is 23.7. The van der Waals surface area contributed by atoms with Crippen molar-refractivity contribution in [1.82, 2.24) is 24.0 Å². The Morgan fingerprint density at radius 2 is 1.84 bits per heavy atom. The molecule has 1 aliphatic heterocycles. The van der Waals surface area contributed by atoms with E-state index in [9.17, 15) is 4.79 Å². The summed E-state index contributed by atoms with van der Waals surface area (Å²) in [6.45, 7) is 2.34. The molecule has 8 nitrogen and oxygen atoms in total. The highest BCUT2D eigenvalue weighted by molar-refractivity contribution is 5.98. The van der Waals surface area contributed by atoms with Crippen molar-refractivity contribution in [2.75, 3.05) is 13.1 Å². The van der Waals surface area contributed by atoms with E-state index in [2.05, 4.69) is 15.2 Å². The Bertz CT molecular complexity index is 1330. The molecule has 0 spiro atoms. The van der Waals surface area contributed by atoms with Gasteiger partial charge in [-0.15, -0.1) is 0 Å². The van der Waals surface area contributed by atoms with Crippen molar-refractivity contribution in [2.24, 2.45) is 12.8 Å². The molecule has 0 radical (unpaired) electrons. The van der Waals surface area contributed by atoms with Crippen LogP contribution in [-0.4, -0.2) is 48.8 Å². The number of hydrogen-bond donors (Lipinski definition) is 2. The van der Waals surface area contributed by atoms with E-state index in [-0.39, 0.29) is 11.7 Å². The number of nitrogens with two attached hydrogens (primary N) is 1. The van der Waals surface area contributed by atoms with Crippen LogP contribution >= 0.6 is 0 Å². The fraction of sp³-hybridized carbons (Fsp3) is 0.333. The van der Waals surface area contributed by atoms with E-state index in [1.54, 1.807) is 0 Å². The molecule has 0 aliphatic carbocycles. The summed E-state index contributed by atoms with van der Waals surface area (Å²) < 4.78 is 4.31. The highest BCUT2D eigenvalue weighted by atomic mass is 16.2. The first-order valence-electron chi connectivity index (χ1n) is 11.0. The number of hydrogen-bond acceptors (Lipinski definition) is 4. The second kappa shape index (κ2) is 8.11. The van der Waals surface area contributed by atoms with Gasteiger partial charge in [0.25, 0.3) is 0 Å². The molecule has 3 N–H and O–H groups in total. The molecule has 1 saturated heterocycles. The molecule has 0 bridgehead atoms. The van der Waals surface area contributed by atoms with Gasteiger partial charge in [-0.1, -0.05) is 12.1 Å². The van der Waals surface area contributed by atoms with E-state index < -0.39 is 0 Å². The van der Waals surface area contributed by atoms with Gasteiger partial charge in [0.05, 0.1) is 28.5 Å². The van der Waals surface area contributed by atoms with Gasteiger partial charge in [-0.25, -0.2) is 9.97 Å². The monoisotopic (exact) mass is 429 g/mol. The van der Waals surface area contributed by atoms with Crippen LogP contribution in [0, 0.1) is 5.41 Å². The Labute approximate surface area is 186 Å². The van der Waals surface area contributed by atoms with Gasteiger partial charge in [-0.05, 0) is 43.2 Å². The molecule has 1 fully saturated rings. The predicted molar refractivity (Wildman–Crippen MR) is 125 cm³/mol. The second-order valence-corrected chi connectivity index (χ2v) is 8.39. The average Bonchev–Trinajstić information content (AvgIpc) is 3.44. The zero-order chi connectivity index (χ0) is 22.2. The number of likely N-dealkylation sites (tertiary alicyclic amines) is 1. The summed E-state index contributed by atoms with van der Waals surface area (Å²) >= 11 is 0. The molecule has 4 aromatic rings. The van der Waals surface area contributed by atoms with Crippen molar-refractivity contribution in [3.8, 4) is 0 Å². The van der Waals surface area contributed by atoms with Crippen molar-refractivity contribution in [3.05, 3.63) is 59.7 Å². The van der Waals surface area contributed by atoms with Crippen LogP contribution in [0.2, 0.25) is 0 Å². The molecule has 8 heteroatoms. The lowest BCUT2D eigenvalue weighted by Crippen LogP contribution is -2.26. The number of fused-ring (bicyclic) bond motifs is 2. The van der Waals surface area contributed by atoms with Crippen molar-refractivity contribution in [2.45, 2.75) is 32.2 Å². The van der Waals surface area contributed by atoms with E-state index >= 15 is 0 Å². The minimum Gasteiger partial charge on any atom is -0.384 e. The average molecular weight is 430 g/mol. The lowest BCUT2D eigenvalue weighted by molar-refractivity contribution is -0.127. The van der Waals surface area contributed by atoms with Crippen LogP contribution in [-0.2, 0) is 24.8 Å². The van der Waals surface area contributed by atoms with E-state index in [0.717, 1.165) is 66.2 Å². The summed E-state index contributed by atoms with van der Waals surface area (Å²) in [6, 6.07) is 13.8. The van der Waals surface area contributed by atoms with Crippen molar-refractivity contribution in [1.29, 1.82) is 5.41 Å². The SMILES string of the molecule is Cn1c(Cc2nc3ccc(C(=N)N)cc3n2CCCN2CCCC2=O)nc2ccccc21. The maximum absolute atomic E-state index is 12.0. The number of nitrogens with zero attached hydrogens (tertiary/aromatic N) is 5. The highest BCUT2D eigenvalue weighted by Crippen LogP contribution is 2.23. The molecule has 32 heavy (non-hydrogen) atoms. The van der Waals surface area contributed by atoms with Gasteiger partial charge in [0.15, 0.2) is 0 Å². The van der Waals surface area contributed by atoms with Crippen molar-refractivity contribution in [3.63, 3.8) is 0 Å². The van der Waals surface area contributed by atoms with Crippen LogP contribution in [0.15, 0.2) is 42.5 Å². The standard InChI is InChI=1S/C24H27N7O/c1-29-19-7-3-2-6-17(19)27-21(29)15-22-28-18-10-9-16(24(25)26)14-20(18)31(22)13-5-12-30-11-4-8-23(30)32/h2-3,6-7,9-10,14H,4-5,8,11-13,15H2,1H3,(H3,25,26). The summed E-state index contributed by atoms with van der Waals surface area (Å²) in [6.07, 6.45) is 3.05. The van der Waals surface area contributed by atoms with Gasteiger partial charge < -0.3 is 19.8 Å². The Hall–Kier alpha value is -3.68. The number of rotatable bonds is 7. The molecule has 5 rings (SSSR count). The quantitative estimate of drug-likeness (QED) is 0.348. The zero-order valence-corrected chi connectivity index (χ0v) is 18.2. The number of aryl methyl sites for hydroxylation is 2. The van der Waals surface area contributed by atoms with Crippen LogP contribution in [0.3, 0.4) is 0 Å². The molecule has 2 aromatic heterocycles. The molecule has 3 heterocycles. The fourth-order valence-electron chi connectivity index (χ4n) is 4.58. The third-order valence-electron chi connectivity index (χ3n) is 6.32. The minimum atomic E-state index is 0.0409. The third kappa shape index (κ3) is 3.62. The van der Waals surface area contributed by atoms with Gasteiger partial charge in [0.2, 0.25) is 5.91 Å². The number of nitrogen functional groups attached to an aromatic ring is 1. The van der Waals surface area contributed by atoms with Gasteiger partial charge >= 0.3 is 0 Å². The molecular weight excluding hydrogens is 402 g/mol. The minimum absolute atomic E-state index is 0.0409. The summed E-state index contributed by atoms with van der Waals surface area (Å²) in [5.41, 5.74) is 10.3. The Balaban J connectivity index is 1.49. The molecule has 2 aromatic carbocycles. The lowest BCUT2D eigenvalue weighted by atomic mass is 10.2. The number of carbonyl (C=O) groups is 1. The lowest BCUT2D eigenvalue weighted by Gasteiger charge is -2.16. The Kier molecular flexibility index (Phi) is 5.13. The van der Waals surface area contributed by atoms with Crippen LogP contribution in [0.4, 0.5) is 0 Å². The van der Waals surface area contributed by atoms with Crippen LogP contribution in [0.5, 0.6) is 0 Å².